The Morgan fingerprint density at radius 3 is 2.32 bits per heavy atom. The molecular formula is C18H19NO5S. The fourth-order valence-corrected chi connectivity index (χ4v) is 3.80. The monoisotopic (exact) mass is 361 g/mol. The standard InChI is InChI=1S/C18H19NO5S/c1-12(15-5-8-17-18(11-15)24-10-9-23-17)19-25(21,22)16-6-3-14(4-7-16)13(2)20/h3-8,11-12,19H,9-10H2,1-2H3. The molecule has 1 N–H and O–H groups in total. The molecule has 25 heavy (non-hydrogen) atoms. The van der Waals surface area contributed by atoms with Crippen molar-refractivity contribution < 1.29 is 22.7 Å². The number of nitrogens with one attached hydrogen (secondary N) is 1. The zero-order valence-corrected chi connectivity index (χ0v) is 14.8. The van der Waals surface area contributed by atoms with Crippen LogP contribution < -0.4 is 14.2 Å². The third kappa shape index (κ3) is 3.83. The van der Waals surface area contributed by atoms with E-state index in [4.69, 9.17) is 9.47 Å². The van der Waals surface area contributed by atoms with Gasteiger partial charge in [-0.1, -0.05) is 18.2 Å². The van der Waals surface area contributed by atoms with Gasteiger partial charge in [-0.3, -0.25) is 4.79 Å². The summed E-state index contributed by atoms with van der Waals surface area (Å²) in [6.45, 7) is 4.17. The van der Waals surface area contributed by atoms with Gasteiger partial charge in [-0.2, -0.15) is 0 Å². The summed E-state index contributed by atoms with van der Waals surface area (Å²) < 4.78 is 38.7. The second-order valence-electron chi connectivity index (χ2n) is 5.83. The van der Waals surface area contributed by atoms with Crippen LogP contribution >= 0.6 is 0 Å². The lowest BCUT2D eigenvalue weighted by molar-refractivity contribution is 0.101. The van der Waals surface area contributed by atoms with Crippen LogP contribution in [0, 0.1) is 0 Å². The Balaban J connectivity index is 1.79. The van der Waals surface area contributed by atoms with Crippen LogP contribution in [-0.4, -0.2) is 27.4 Å². The van der Waals surface area contributed by atoms with Crippen LogP contribution in [0.3, 0.4) is 0 Å². The average molecular weight is 361 g/mol. The van der Waals surface area contributed by atoms with E-state index >= 15 is 0 Å². The van der Waals surface area contributed by atoms with Crippen molar-refractivity contribution in [1.29, 1.82) is 0 Å². The zero-order chi connectivity index (χ0) is 18.0. The Morgan fingerprint density at radius 2 is 1.68 bits per heavy atom. The maximum atomic E-state index is 12.5. The first-order chi connectivity index (χ1) is 11.9. The van der Waals surface area contributed by atoms with Crippen molar-refractivity contribution in [2.24, 2.45) is 0 Å². The summed E-state index contributed by atoms with van der Waals surface area (Å²) in [5.41, 5.74) is 1.24. The quantitative estimate of drug-likeness (QED) is 0.828. The van der Waals surface area contributed by atoms with Crippen LogP contribution in [-0.2, 0) is 10.0 Å². The van der Waals surface area contributed by atoms with Gasteiger partial charge in [0.05, 0.1) is 4.90 Å². The Hall–Kier alpha value is -2.38. The van der Waals surface area contributed by atoms with Crippen LogP contribution in [0.5, 0.6) is 11.5 Å². The van der Waals surface area contributed by atoms with Gasteiger partial charge in [0.15, 0.2) is 17.3 Å². The van der Waals surface area contributed by atoms with Crippen molar-refractivity contribution >= 4 is 15.8 Å². The number of sulfonamides is 1. The van der Waals surface area contributed by atoms with Crippen LogP contribution in [0.25, 0.3) is 0 Å². The van der Waals surface area contributed by atoms with Gasteiger partial charge in [0.25, 0.3) is 0 Å². The number of benzene rings is 2. The van der Waals surface area contributed by atoms with Gasteiger partial charge in [0.1, 0.15) is 13.2 Å². The van der Waals surface area contributed by atoms with Crippen molar-refractivity contribution in [3.63, 3.8) is 0 Å². The summed E-state index contributed by atoms with van der Waals surface area (Å²) in [5.74, 6) is 1.16. The Labute approximate surface area is 146 Å². The van der Waals surface area contributed by atoms with E-state index in [1.807, 2.05) is 0 Å². The Bertz CT molecular complexity index is 890. The molecule has 3 rings (SSSR count). The lowest BCUT2D eigenvalue weighted by Gasteiger charge is -2.21. The summed E-state index contributed by atoms with van der Waals surface area (Å²) >= 11 is 0. The maximum Gasteiger partial charge on any atom is 0.241 e. The fraction of sp³-hybridized carbons (Fsp3) is 0.278. The first kappa shape index (κ1) is 17.4. The number of Topliss-reactive ketones (excluding diaryl/α,β-unsaturated/α-hetero) is 1. The molecule has 0 aromatic heterocycles. The summed E-state index contributed by atoms with van der Waals surface area (Å²) in [6.07, 6.45) is 0. The maximum absolute atomic E-state index is 12.5. The predicted molar refractivity (Wildman–Crippen MR) is 92.6 cm³/mol. The van der Waals surface area contributed by atoms with Crippen molar-refractivity contribution in [1.82, 2.24) is 4.72 Å². The topological polar surface area (TPSA) is 81.7 Å². The second kappa shape index (κ2) is 6.85. The molecule has 0 radical (unpaired) electrons. The zero-order valence-electron chi connectivity index (χ0n) is 14.0. The highest BCUT2D eigenvalue weighted by Gasteiger charge is 2.20. The molecule has 1 aliphatic rings. The average Bonchev–Trinajstić information content (AvgIpc) is 2.61. The first-order valence-corrected chi connectivity index (χ1v) is 9.38. The summed E-state index contributed by atoms with van der Waals surface area (Å²) in [4.78, 5) is 11.4. The number of ether oxygens (including phenoxy) is 2. The molecule has 0 fully saturated rings. The van der Waals surface area contributed by atoms with E-state index in [-0.39, 0.29) is 10.7 Å². The molecule has 0 saturated heterocycles. The molecular weight excluding hydrogens is 342 g/mol. The molecule has 2 aromatic rings. The summed E-state index contributed by atoms with van der Waals surface area (Å²) in [5, 5.41) is 0. The highest BCUT2D eigenvalue weighted by atomic mass is 32.2. The molecule has 2 aromatic carbocycles. The van der Waals surface area contributed by atoms with Crippen molar-refractivity contribution in [2.75, 3.05) is 13.2 Å². The molecule has 1 aliphatic heterocycles. The van der Waals surface area contributed by atoms with Crippen LogP contribution in [0.2, 0.25) is 0 Å². The van der Waals surface area contributed by atoms with E-state index < -0.39 is 16.1 Å². The van der Waals surface area contributed by atoms with Gasteiger partial charge in [0.2, 0.25) is 10.0 Å². The lowest BCUT2D eigenvalue weighted by atomic mass is 10.1. The highest BCUT2D eigenvalue weighted by molar-refractivity contribution is 7.89. The molecule has 0 aliphatic carbocycles. The van der Waals surface area contributed by atoms with Crippen molar-refractivity contribution in [2.45, 2.75) is 24.8 Å². The minimum atomic E-state index is -3.70. The molecule has 132 valence electrons. The molecule has 0 bridgehead atoms. The summed E-state index contributed by atoms with van der Waals surface area (Å²) in [7, 11) is -3.70. The van der Waals surface area contributed by atoms with Gasteiger partial charge in [-0.15, -0.1) is 0 Å². The van der Waals surface area contributed by atoms with E-state index in [0.29, 0.717) is 30.3 Å². The number of hydrogen-bond donors (Lipinski definition) is 1. The molecule has 6 nitrogen and oxygen atoms in total. The van der Waals surface area contributed by atoms with Crippen LogP contribution in [0.15, 0.2) is 47.4 Å². The minimum absolute atomic E-state index is 0.110. The van der Waals surface area contributed by atoms with Gasteiger partial charge in [0, 0.05) is 11.6 Å². The van der Waals surface area contributed by atoms with Gasteiger partial charge >= 0.3 is 0 Å². The van der Waals surface area contributed by atoms with E-state index in [2.05, 4.69) is 4.72 Å². The van der Waals surface area contributed by atoms with E-state index in [1.54, 1.807) is 25.1 Å². The minimum Gasteiger partial charge on any atom is -0.486 e. The smallest absolute Gasteiger partial charge is 0.241 e. The Kier molecular flexibility index (Phi) is 4.78. The number of carbonyl (C=O) groups is 1. The first-order valence-electron chi connectivity index (χ1n) is 7.90. The van der Waals surface area contributed by atoms with Gasteiger partial charge in [-0.25, -0.2) is 13.1 Å². The number of rotatable bonds is 5. The van der Waals surface area contributed by atoms with Gasteiger partial charge < -0.3 is 9.47 Å². The number of carbonyl (C=O) groups excluding carboxylic acids is 1. The Morgan fingerprint density at radius 1 is 1.04 bits per heavy atom. The highest BCUT2D eigenvalue weighted by Crippen LogP contribution is 2.32. The van der Waals surface area contributed by atoms with E-state index in [1.165, 1.54) is 31.2 Å². The fourth-order valence-electron chi connectivity index (χ4n) is 2.57. The SMILES string of the molecule is CC(=O)c1ccc(S(=O)(=O)NC(C)c2ccc3c(c2)OCCO3)cc1. The molecule has 1 unspecified atom stereocenters. The van der Waals surface area contributed by atoms with Crippen LogP contribution in [0.4, 0.5) is 0 Å². The third-order valence-corrected chi connectivity index (χ3v) is 5.53. The van der Waals surface area contributed by atoms with Crippen molar-refractivity contribution in [3.05, 3.63) is 53.6 Å². The van der Waals surface area contributed by atoms with Crippen LogP contribution in [0.1, 0.15) is 35.8 Å². The molecule has 0 spiro atoms. The lowest BCUT2D eigenvalue weighted by Crippen LogP contribution is -2.27. The normalized spacial score (nSPS) is 14.8. The largest absolute Gasteiger partial charge is 0.486 e. The number of fused-ring (bicyclic) bond motifs is 1. The van der Waals surface area contributed by atoms with Crippen molar-refractivity contribution in [3.8, 4) is 11.5 Å². The number of ketones is 1. The molecule has 0 saturated carbocycles. The summed E-state index contributed by atoms with van der Waals surface area (Å²) in [6, 6.07) is 10.8. The molecule has 1 atom stereocenters. The second-order valence-corrected chi connectivity index (χ2v) is 7.54. The third-order valence-electron chi connectivity index (χ3n) is 3.97. The molecule has 0 amide bonds. The van der Waals surface area contributed by atoms with E-state index in [0.717, 1.165) is 5.56 Å². The predicted octanol–water partition coefficient (Wildman–Crippen LogP) is 2.70. The number of hydrogen-bond acceptors (Lipinski definition) is 5. The molecule has 7 heteroatoms. The van der Waals surface area contributed by atoms with Gasteiger partial charge in [-0.05, 0) is 43.7 Å². The van der Waals surface area contributed by atoms with E-state index in [9.17, 15) is 13.2 Å². The molecule has 1 heterocycles.